The van der Waals surface area contributed by atoms with Gasteiger partial charge in [0.2, 0.25) is 5.91 Å². The summed E-state index contributed by atoms with van der Waals surface area (Å²) in [7, 11) is 0. The van der Waals surface area contributed by atoms with E-state index in [2.05, 4.69) is 41.3 Å². The van der Waals surface area contributed by atoms with Crippen molar-refractivity contribution in [2.24, 2.45) is 5.92 Å². The van der Waals surface area contributed by atoms with Gasteiger partial charge in [-0.3, -0.25) is 9.59 Å². The number of hydrogen-bond acceptors (Lipinski definition) is 5. The fraction of sp³-hybridized carbons (Fsp3) is 0.333. The standard InChI is InChI=1S/C27H32ClN5O2S/c1-6-15-33-25(24(18(4)5)30-26(35)20-12-7-9-13-21(20)28)31-32-27(33)36-16-23(34)29-22-14-10-8-11-19(22)17(2)3/h6-14,17-18,24H,1,15-16H2,2-5H3,(H,29,34)(H,30,35)/t24-/m0/s1. The molecular formula is C27H32ClN5O2S. The van der Waals surface area contributed by atoms with Gasteiger partial charge in [-0.15, -0.1) is 16.8 Å². The molecule has 1 aromatic heterocycles. The van der Waals surface area contributed by atoms with E-state index >= 15 is 0 Å². The zero-order valence-electron chi connectivity index (χ0n) is 21.0. The SMILES string of the molecule is C=CCn1c(SCC(=O)Nc2ccccc2C(C)C)nnc1[C@@H](NC(=O)c1ccccc1Cl)C(C)C. The van der Waals surface area contributed by atoms with Crippen LogP contribution in [0.4, 0.5) is 5.69 Å². The predicted molar refractivity (Wildman–Crippen MR) is 147 cm³/mol. The van der Waals surface area contributed by atoms with E-state index in [1.807, 2.05) is 42.7 Å². The predicted octanol–water partition coefficient (Wildman–Crippen LogP) is 6.10. The van der Waals surface area contributed by atoms with E-state index in [0.29, 0.717) is 34.0 Å². The Morgan fingerprint density at radius 1 is 1.08 bits per heavy atom. The summed E-state index contributed by atoms with van der Waals surface area (Å²) in [6.07, 6.45) is 1.74. The van der Waals surface area contributed by atoms with Crippen molar-refractivity contribution < 1.29 is 9.59 Å². The number of anilines is 1. The Kier molecular flexibility index (Phi) is 9.73. The Morgan fingerprint density at radius 2 is 1.78 bits per heavy atom. The molecule has 7 nitrogen and oxygen atoms in total. The molecule has 2 aromatic carbocycles. The average molecular weight is 526 g/mol. The number of amides is 2. The van der Waals surface area contributed by atoms with E-state index < -0.39 is 6.04 Å². The van der Waals surface area contributed by atoms with Crippen molar-refractivity contribution in [3.8, 4) is 0 Å². The Balaban J connectivity index is 1.77. The Hall–Kier alpha value is -3.10. The van der Waals surface area contributed by atoms with Crippen LogP contribution in [0.15, 0.2) is 66.3 Å². The quantitative estimate of drug-likeness (QED) is 0.233. The van der Waals surface area contributed by atoms with Crippen LogP contribution < -0.4 is 10.6 Å². The molecule has 0 fully saturated rings. The van der Waals surface area contributed by atoms with Gasteiger partial charge in [-0.2, -0.15) is 0 Å². The number of rotatable bonds is 11. The third-order valence-corrected chi connectivity index (χ3v) is 6.89. The number of nitrogens with zero attached hydrogens (tertiary/aromatic N) is 3. The van der Waals surface area contributed by atoms with Crippen molar-refractivity contribution in [1.29, 1.82) is 0 Å². The first-order valence-electron chi connectivity index (χ1n) is 11.8. The van der Waals surface area contributed by atoms with E-state index in [1.165, 1.54) is 11.8 Å². The minimum absolute atomic E-state index is 0.0258. The summed E-state index contributed by atoms with van der Waals surface area (Å²) in [5.41, 5.74) is 2.29. The molecule has 0 bridgehead atoms. The first-order valence-corrected chi connectivity index (χ1v) is 13.2. The maximum absolute atomic E-state index is 13.0. The largest absolute Gasteiger partial charge is 0.342 e. The van der Waals surface area contributed by atoms with E-state index in [1.54, 1.807) is 30.3 Å². The van der Waals surface area contributed by atoms with Crippen molar-refractivity contribution in [3.63, 3.8) is 0 Å². The smallest absolute Gasteiger partial charge is 0.253 e. The number of allylic oxidation sites excluding steroid dienone is 1. The maximum Gasteiger partial charge on any atom is 0.253 e. The van der Waals surface area contributed by atoms with Crippen molar-refractivity contribution in [1.82, 2.24) is 20.1 Å². The van der Waals surface area contributed by atoms with Crippen molar-refractivity contribution in [2.75, 3.05) is 11.1 Å². The van der Waals surface area contributed by atoms with Crippen molar-refractivity contribution in [3.05, 3.63) is 83.2 Å². The topological polar surface area (TPSA) is 88.9 Å². The number of para-hydroxylation sites is 1. The average Bonchev–Trinajstić information content (AvgIpc) is 3.23. The zero-order valence-corrected chi connectivity index (χ0v) is 22.6. The van der Waals surface area contributed by atoms with Crippen LogP contribution in [-0.4, -0.2) is 32.3 Å². The highest BCUT2D eigenvalue weighted by molar-refractivity contribution is 7.99. The molecule has 0 radical (unpaired) electrons. The van der Waals surface area contributed by atoms with Crippen LogP contribution in [0.1, 0.15) is 61.4 Å². The number of benzene rings is 2. The molecule has 9 heteroatoms. The van der Waals surface area contributed by atoms with Gasteiger partial charge in [-0.1, -0.05) is 87.5 Å². The van der Waals surface area contributed by atoms with Crippen LogP contribution in [0.3, 0.4) is 0 Å². The first-order chi connectivity index (χ1) is 17.2. The highest BCUT2D eigenvalue weighted by atomic mass is 35.5. The lowest BCUT2D eigenvalue weighted by Gasteiger charge is -2.23. The minimum Gasteiger partial charge on any atom is -0.342 e. The molecule has 190 valence electrons. The number of carbonyl (C=O) groups is 2. The number of carbonyl (C=O) groups excluding carboxylic acids is 2. The number of hydrogen-bond donors (Lipinski definition) is 2. The summed E-state index contributed by atoms with van der Waals surface area (Å²) in [6.45, 7) is 12.5. The lowest BCUT2D eigenvalue weighted by Crippen LogP contribution is -2.34. The zero-order chi connectivity index (χ0) is 26.2. The molecule has 0 aliphatic carbocycles. The molecule has 2 amide bonds. The number of thioether (sulfide) groups is 1. The van der Waals surface area contributed by atoms with Gasteiger partial charge in [0, 0.05) is 12.2 Å². The second-order valence-corrected chi connectivity index (χ2v) is 10.3. The Labute approximate surface area is 221 Å². The van der Waals surface area contributed by atoms with Gasteiger partial charge < -0.3 is 15.2 Å². The highest BCUT2D eigenvalue weighted by Gasteiger charge is 2.27. The fourth-order valence-electron chi connectivity index (χ4n) is 3.76. The minimum atomic E-state index is -0.415. The summed E-state index contributed by atoms with van der Waals surface area (Å²) in [5.74, 6) is 0.665. The van der Waals surface area contributed by atoms with Gasteiger partial charge in [0.15, 0.2) is 11.0 Å². The summed E-state index contributed by atoms with van der Waals surface area (Å²) in [6, 6.07) is 14.3. The molecule has 1 atom stereocenters. The molecule has 0 saturated carbocycles. The number of halogens is 1. The molecule has 1 heterocycles. The summed E-state index contributed by atoms with van der Waals surface area (Å²) >= 11 is 7.51. The van der Waals surface area contributed by atoms with E-state index in [-0.39, 0.29) is 23.5 Å². The van der Waals surface area contributed by atoms with Crippen LogP contribution in [0.25, 0.3) is 0 Å². The van der Waals surface area contributed by atoms with Crippen molar-refractivity contribution in [2.45, 2.75) is 51.4 Å². The molecule has 3 aromatic rings. The highest BCUT2D eigenvalue weighted by Crippen LogP contribution is 2.27. The summed E-state index contributed by atoms with van der Waals surface area (Å²) < 4.78 is 1.88. The summed E-state index contributed by atoms with van der Waals surface area (Å²) in [4.78, 5) is 25.7. The third kappa shape index (κ3) is 6.77. The molecular weight excluding hydrogens is 494 g/mol. The second-order valence-electron chi connectivity index (χ2n) is 8.99. The first kappa shape index (κ1) is 27.5. The van der Waals surface area contributed by atoms with E-state index in [4.69, 9.17) is 11.6 Å². The van der Waals surface area contributed by atoms with Gasteiger partial charge in [-0.25, -0.2) is 0 Å². The molecule has 0 saturated heterocycles. The lowest BCUT2D eigenvalue weighted by atomic mass is 10.0. The molecule has 0 aliphatic rings. The molecule has 36 heavy (non-hydrogen) atoms. The van der Waals surface area contributed by atoms with Gasteiger partial charge in [0.05, 0.1) is 22.4 Å². The summed E-state index contributed by atoms with van der Waals surface area (Å²) in [5, 5.41) is 15.7. The second kappa shape index (κ2) is 12.7. The van der Waals surface area contributed by atoms with Crippen molar-refractivity contribution >= 4 is 40.9 Å². The molecule has 0 spiro atoms. The van der Waals surface area contributed by atoms with Crippen LogP contribution in [0, 0.1) is 5.92 Å². The van der Waals surface area contributed by atoms with E-state index in [0.717, 1.165) is 11.3 Å². The van der Waals surface area contributed by atoms with E-state index in [9.17, 15) is 9.59 Å². The third-order valence-electron chi connectivity index (χ3n) is 5.60. The van der Waals surface area contributed by atoms with Crippen LogP contribution in [0.2, 0.25) is 5.02 Å². The number of nitrogens with one attached hydrogen (secondary N) is 2. The monoisotopic (exact) mass is 525 g/mol. The van der Waals surface area contributed by atoms with Crippen LogP contribution in [-0.2, 0) is 11.3 Å². The van der Waals surface area contributed by atoms with Gasteiger partial charge in [0.25, 0.3) is 5.91 Å². The molecule has 3 rings (SSSR count). The fourth-order valence-corrected chi connectivity index (χ4v) is 4.74. The van der Waals surface area contributed by atoms with Gasteiger partial charge in [-0.05, 0) is 35.6 Å². The molecule has 0 aliphatic heterocycles. The normalized spacial score (nSPS) is 12.0. The maximum atomic E-state index is 13.0. The molecule has 2 N–H and O–H groups in total. The number of aromatic nitrogens is 3. The van der Waals surface area contributed by atoms with Gasteiger partial charge >= 0.3 is 0 Å². The van der Waals surface area contributed by atoms with Crippen LogP contribution >= 0.6 is 23.4 Å². The lowest BCUT2D eigenvalue weighted by molar-refractivity contribution is -0.113. The molecule has 0 unspecified atom stereocenters. The Morgan fingerprint density at radius 3 is 2.44 bits per heavy atom. The van der Waals surface area contributed by atoms with Gasteiger partial charge in [0.1, 0.15) is 0 Å². The van der Waals surface area contributed by atoms with Crippen LogP contribution in [0.5, 0.6) is 0 Å². The Bertz CT molecular complexity index is 1220.